The van der Waals surface area contributed by atoms with E-state index in [0.717, 1.165) is 5.69 Å². The highest BCUT2D eigenvalue weighted by atomic mass is 35.5. The molecule has 8 heteroatoms. The second kappa shape index (κ2) is 7.76. The minimum atomic E-state index is -0.458. The standard InChI is InChI=1S/C18H15Cl2FN4O/c1-11-8-17(23-18(26)22-13-5-2-4-12(19)9-13)24-25(11)10-14-15(20)6-3-7-16(14)21/h2-9H,10H2,1H3,(H2,22,23,24,26). The molecule has 3 rings (SSSR count). The summed E-state index contributed by atoms with van der Waals surface area (Å²) in [6.07, 6.45) is 0. The first-order chi connectivity index (χ1) is 12.4. The monoisotopic (exact) mass is 392 g/mol. The molecule has 0 aliphatic heterocycles. The summed E-state index contributed by atoms with van der Waals surface area (Å²) in [7, 11) is 0. The van der Waals surface area contributed by atoms with E-state index in [-0.39, 0.29) is 6.54 Å². The minimum Gasteiger partial charge on any atom is -0.308 e. The number of benzene rings is 2. The van der Waals surface area contributed by atoms with Crippen molar-refractivity contribution >= 4 is 40.7 Å². The SMILES string of the molecule is Cc1cc(NC(=O)Nc2cccc(Cl)c2)nn1Cc1c(F)cccc1Cl. The number of nitrogens with zero attached hydrogens (tertiary/aromatic N) is 2. The van der Waals surface area contributed by atoms with Crippen LogP contribution in [-0.2, 0) is 6.54 Å². The van der Waals surface area contributed by atoms with Gasteiger partial charge < -0.3 is 5.32 Å². The Hall–Kier alpha value is -2.57. The first-order valence-corrected chi connectivity index (χ1v) is 8.49. The molecule has 0 unspecified atom stereocenters. The maximum atomic E-state index is 13.9. The second-order valence-corrected chi connectivity index (χ2v) is 6.46. The normalized spacial score (nSPS) is 10.6. The van der Waals surface area contributed by atoms with Gasteiger partial charge in [0.1, 0.15) is 5.82 Å². The van der Waals surface area contributed by atoms with Crippen LogP contribution in [-0.4, -0.2) is 15.8 Å². The van der Waals surface area contributed by atoms with Crippen molar-refractivity contribution in [3.05, 3.63) is 75.7 Å². The van der Waals surface area contributed by atoms with E-state index >= 15 is 0 Å². The number of halogens is 3. The average molecular weight is 393 g/mol. The first kappa shape index (κ1) is 18.2. The zero-order valence-corrected chi connectivity index (χ0v) is 15.3. The lowest BCUT2D eigenvalue weighted by Crippen LogP contribution is -2.19. The number of hydrogen-bond acceptors (Lipinski definition) is 2. The van der Waals surface area contributed by atoms with Gasteiger partial charge in [-0.3, -0.25) is 10.00 Å². The van der Waals surface area contributed by atoms with Crippen molar-refractivity contribution in [3.8, 4) is 0 Å². The van der Waals surface area contributed by atoms with E-state index in [2.05, 4.69) is 15.7 Å². The summed E-state index contributed by atoms with van der Waals surface area (Å²) in [5, 5.41) is 10.4. The topological polar surface area (TPSA) is 59.0 Å². The van der Waals surface area contributed by atoms with Crippen LogP contribution >= 0.6 is 23.2 Å². The van der Waals surface area contributed by atoms with Gasteiger partial charge >= 0.3 is 6.03 Å². The van der Waals surface area contributed by atoms with Gasteiger partial charge in [0.2, 0.25) is 0 Å². The van der Waals surface area contributed by atoms with Gasteiger partial charge in [-0.25, -0.2) is 9.18 Å². The Kier molecular flexibility index (Phi) is 5.44. The Morgan fingerprint density at radius 3 is 2.65 bits per heavy atom. The maximum absolute atomic E-state index is 13.9. The zero-order valence-electron chi connectivity index (χ0n) is 13.8. The van der Waals surface area contributed by atoms with E-state index in [1.54, 1.807) is 47.1 Å². The number of carbonyl (C=O) groups excluding carboxylic acids is 1. The van der Waals surface area contributed by atoms with Crippen molar-refractivity contribution in [2.45, 2.75) is 13.5 Å². The number of rotatable bonds is 4. The molecule has 0 saturated heterocycles. The van der Waals surface area contributed by atoms with Crippen LogP contribution < -0.4 is 10.6 Å². The molecule has 0 aliphatic rings. The Labute approximate surface area is 159 Å². The van der Waals surface area contributed by atoms with Gasteiger partial charge in [0.25, 0.3) is 0 Å². The van der Waals surface area contributed by atoms with Gasteiger partial charge in [0, 0.05) is 33.1 Å². The molecular weight excluding hydrogens is 378 g/mol. The number of amides is 2. The lowest BCUT2D eigenvalue weighted by Gasteiger charge is -2.08. The summed E-state index contributed by atoms with van der Waals surface area (Å²) in [5.74, 6) is -0.0601. The fourth-order valence-electron chi connectivity index (χ4n) is 2.41. The predicted molar refractivity (Wildman–Crippen MR) is 102 cm³/mol. The highest BCUT2D eigenvalue weighted by molar-refractivity contribution is 6.31. The van der Waals surface area contributed by atoms with Crippen LogP contribution in [0.2, 0.25) is 10.0 Å². The number of carbonyl (C=O) groups is 1. The molecular formula is C18H15Cl2FN4O. The highest BCUT2D eigenvalue weighted by Gasteiger charge is 2.12. The van der Waals surface area contributed by atoms with E-state index in [1.165, 1.54) is 6.07 Å². The van der Waals surface area contributed by atoms with E-state index in [1.807, 2.05) is 6.92 Å². The van der Waals surface area contributed by atoms with E-state index in [0.29, 0.717) is 27.1 Å². The number of aryl methyl sites for hydroxylation is 1. The Bertz CT molecular complexity index is 938. The summed E-state index contributed by atoms with van der Waals surface area (Å²) in [4.78, 5) is 12.1. The molecule has 0 atom stereocenters. The second-order valence-electron chi connectivity index (χ2n) is 5.62. The van der Waals surface area contributed by atoms with Crippen LogP contribution in [0.4, 0.5) is 20.7 Å². The van der Waals surface area contributed by atoms with Gasteiger partial charge in [0.15, 0.2) is 5.82 Å². The van der Waals surface area contributed by atoms with Gasteiger partial charge in [-0.05, 0) is 37.3 Å². The van der Waals surface area contributed by atoms with Crippen molar-refractivity contribution in [1.29, 1.82) is 0 Å². The smallest absolute Gasteiger partial charge is 0.308 e. The zero-order chi connectivity index (χ0) is 18.7. The van der Waals surface area contributed by atoms with Crippen molar-refractivity contribution in [2.24, 2.45) is 0 Å². The van der Waals surface area contributed by atoms with Crippen LogP contribution in [0.5, 0.6) is 0 Å². The van der Waals surface area contributed by atoms with E-state index < -0.39 is 11.8 Å². The number of urea groups is 1. The van der Waals surface area contributed by atoms with Crippen LogP contribution in [0.25, 0.3) is 0 Å². The molecule has 0 fully saturated rings. The first-order valence-electron chi connectivity index (χ1n) is 7.73. The van der Waals surface area contributed by atoms with E-state index in [4.69, 9.17) is 23.2 Å². The summed E-state index contributed by atoms with van der Waals surface area (Å²) >= 11 is 11.9. The lowest BCUT2D eigenvalue weighted by molar-refractivity contribution is 0.262. The van der Waals surface area contributed by atoms with E-state index in [9.17, 15) is 9.18 Å². The summed E-state index contributed by atoms with van der Waals surface area (Å²) in [5.41, 5.74) is 1.65. The summed E-state index contributed by atoms with van der Waals surface area (Å²) in [6.45, 7) is 1.97. The van der Waals surface area contributed by atoms with Crippen molar-refractivity contribution in [3.63, 3.8) is 0 Å². The fourth-order valence-corrected chi connectivity index (χ4v) is 2.82. The number of hydrogen-bond donors (Lipinski definition) is 2. The molecule has 3 aromatic rings. The molecule has 2 N–H and O–H groups in total. The number of nitrogens with one attached hydrogen (secondary N) is 2. The van der Waals surface area contributed by atoms with Crippen molar-refractivity contribution < 1.29 is 9.18 Å². The molecule has 2 aromatic carbocycles. The Morgan fingerprint density at radius 2 is 1.92 bits per heavy atom. The Balaban J connectivity index is 1.71. The van der Waals surface area contributed by atoms with Crippen LogP contribution in [0.15, 0.2) is 48.5 Å². The Morgan fingerprint density at radius 1 is 1.15 bits per heavy atom. The quantitative estimate of drug-likeness (QED) is 0.630. The largest absolute Gasteiger partial charge is 0.324 e. The molecule has 1 heterocycles. The summed E-state index contributed by atoms with van der Waals surface area (Å²) in [6, 6.07) is 12.5. The summed E-state index contributed by atoms with van der Waals surface area (Å²) < 4.78 is 15.5. The lowest BCUT2D eigenvalue weighted by atomic mass is 10.2. The number of anilines is 2. The average Bonchev–Trinajstić information content (AvgIpc) is 2.90. The molecule has 1 aromatic heterocycles. The maximum Gasteiger partial charge on any atom is 0.324 e. The molecule has 26 heavy (non-hydrogen) atoms. The minimum absolute atomic E-state index is 0.162. The molecule has 0 bridgehead atoms. The third kappa shape index (κ3) is 4.33. The number of aromatic nitrogens is 2. The molecule has 0 spiro atoms. The molecule has 0 saturated carbocycles. The molecule has 0 radical (unpaired) electrons. The van der Waals surface area contributed by atoms with Crippen molar-refractivity contribution in [1.82, 2.24) is 9.78 Å². The van der Waals surface area contributed by atoms with Gasteiger partial charge in [0.05, 0.1) is 6.54 Å². The van der Waals surface area contributed by atoms with Crippen molar-refractivity contribution in [2.75, 3.05) is 10.6 Å². The molecule has 5 nitrogen and oxygen atoms in total. The van der Waals surface area contributed by atoms with Crippen LogP contribution in [0.3, 0.4) is 0 Å². The van der Waals surface area contributed by atoms with Gasteiger partial charge in [-0.1, -0.05) is 35.3 Å². The molecule has 0 aliphatic carbocycles. The van der Waals surface area contributed by atoms with Gasteiger partial charge in [-0.15, -0.1) is 0 Å². The van der Waals surface area contributed by atoms with Crippen LogP contribution in [0, 0.1) is 12.7 Å². The van der Waals surface area contributed by atoms with Gasteiger partial charge in [-0.2, -0.15) is 5.10 Å². The molecule has 2 amide bonds. The third-order valence-electron chi connectivity index (χ3n) is 3.67. The predicted octanol–water partition coefficient (Wildman–Crippen LogP) is 5.33. The van der Waals surface area contributed by atoms with Crippen LogP contribution in [0.1, 0.15) is 11.3 Å². The fraction of sp³-hybridized carbons (Fsp3) is 0.111. The molecule has 134 valence electrons. The third-order valence-corrected chi connectivity index (χ3v) is 4.26. The highest BCUT2D eigenvalue weighted by Crippen LogP contribution is 2.21.